The van der Waals surface area contributed by atoms with Gasteiger partial charge in [-0.25, -0.2) is 0 Å². The van der Waals surface area contributed by atoms with E-state index in [2.05, 4.69) is 40.4 Å². The monoisotopic (exact) mass is 450 g/mol. The van der Waals surface area contributed by atoms with Crippen molar-refractivity contribution >= 4 is 34.7 Å². The molecule has 1 aromatic heterocycles. The molecule has 0 saturated carbocycles. The van der Waals surface area contributed by atoms with E-state index in [1.165, 1.54) is 17.7 Å². The molecule has 0 radical (unpaired) electrons. The summed E-state index contributed by atoms with van der Waals surface area (Å²) in [5.41, 5.74) is 4.53. The highest BCUT2D eigenvalue weighted by Crippen LogP contribution is 2.26. The number of aromatic amines is 1. The fourth-order valence-electron chi connectivity index (χ4n) is 4.37. The van der Waals surface area contributed by atoms with E-state index in [0.29, 0.717) is 29.7 Å². The van der Waals surface area contributed by atoms with E-state index in [4.69, 9.17) is 12.2 Å². The van der Waals surface area contributed by atoms with E-state index in [-0.39, 0.29) is 11.5 Å². The fraction of sp³-hybridized carbons (Fsp3) is 0.400. The molecule has 1 aliphatic rings. The molecule has 32 heavy (non-hydrogen) atoms. The van der Waals surface area contributed by atoms with E-state index in [0.717, 1.165) is 43.3 Å². The normalized spacial score (nSPS) is 13.2. The van der Waals surface area contributed by atoms with Crippen molar-refractivity contribution in [2.45, 2.75) is 51.6 Å². The van der Waals surface area contributed by atoms with Crippen LogP contribution >= 0.6 is 12.2 Å². The maximum Gasteiger partial charge on any atom is 0.262 e. The Morgan fingerprint density at radius 2 is 2.00 bits per heavy atom. The van der Waals surface area contributed by atoms with Crippen molar-refractivity contribution in [1.29, 1.82) is 0 Å². The van der Waals surface area contributed by atoms with Gasteiger partial charge in [-0.3, -0.25) is 14.2 Å². The number of fused-ring (bicyclic) bond motifs is 2. The molecule has 1 aliphatic heterocycles. The van der Waals surface area contributed by atoms with Gasteiger partial charge in [0, 0.05) is 38.8 Å². The Bertz CT molecular complexity index is 1230. The van der Waals surface area contributed by atoms with Crippen LogP contribution in [0.1, 0.15) is 43.2 Å². The van der Waals surface area contributed by atoms with Gasteiger partial charge in [-0.15, -0.1) is 0 Å². The Morgan fingerprint density at radius 3 is 2.88 bits per heavy atom. The summed E-state index contributed by atoms with van der Waals surface area (Å²) in [6, 6.07) is 13.9. The summed E-state index contributed by atoms with van der Waals surface area (Å²) in [6.07, 6.45) is 5.24. The minimum Gasteiger partial charge on any atom is -0.374 e. The molecule has 2 N–H and O–H groups in total. The van der Waals surface area contributed by atoms with Crippen LogP contribution in [0.4, 0.5) is 5.69 Å². The molecule has 0 unspecified atom stereocenters. The molecule has 1 amide bonds. The number of H-pyrrole nitrogens is 1. The third-order valence-electron chi connectivity index (χ3n) is 6.16. The summed E-state index contributed by atoms with van der Waals surface area (Å²) < 4.78 is 2.06. The number of nitrogens with one attached hydrogen (secondary N) is 2. The van der Waals surface area contributed by atoms with Crippen molar-refractivity contribution in [3.8, 4) is 0 Å². The van der Waals surface area contributed by atoms with Crippen LogP contribution in [0, 0.1) is 4.77 Å². The Hall–Kier alpha value is -2.93. The first-order valence-corrected chi connectivity index (χ1v) is 11.8. The number of hydrogen-bond donors (Lipinski definition) is 2. The number of carbonyl (C=O) groups is 1. The number of unbranched alkanes of at least 4 members (excludes halogenated alkanes) is 2. The molecule has 3 aromatic rings. The smallest absolute Gasteiger partial charge is 0.262 e. The fourth-order valence-corrected chi connectivity index (χ4v) is 4.66. The summed E-state index contributed by atoms with van der Waals surface area (Å²) >= 11 is 5.35. The van der Waals surface area contributed by atoms with Crippen molar-refractivity contribution < 1.29 is 4.79 Å². The van der Waals surface area contributed by atoms with Gasteiger partial charge in [0.05, 0.1) is 10.9 Å². The average Bonchev–Trinajstić information content (AvgIpc) is 2.79. The van der Waals surface area contributed by atoms with Crippen molar-refractivity contribution in [1.82, 2.24) is 14.9 Å². The number of benzene rings is 2. The summed E-state index contributed by atoms with van der Waals surface area (Å²) in [5, 5.41) is 3.68. The molecule has 0 spiro atoms. The van der Waals surface area contributed by atoms with Gasteiger partial charge in [0.15, 0.2) is 4.77 Å². The maximum atomic E-state index is 12.7. The van der Waals surface area contributed by atoms with Crippen molar-refractivity contribution in [2.24, 2.45) is 0 Å². The van der Waals surface area contributed by atoms with E-state index in [9.17, 15) is 9.59 Å². The largest absolute Gasteiger partial charge is 0.374 e. The van der Waals surface area contributed by atoms with E-state index < -0.39 is 0 Å². The number of anilines is 1. The van der Waals surface area contributed by atoms with E-state index in [1.54, 1.807) is 4.57 Å². The Kier molecular flexibility index (Phi) is 7.05. The highest BCUT2D eigenvalue weighted by Gasteiger charge is 2.14. The zero-order valence-corrected chi connectivity index (χ0v) is 19.3. The highest BCUT2D eigenvalue weighted by molar-refractivity contribution is 7.71. The van der Waals surface area contributed by atoms with Crippen LogP contribution < -0.4 is 15.8 Å². The number of nitrogens with zero attached hydrogens (tertiary/aromatic N) is 2. The molecule has 2 heterocycles. The summed E-state index contributed by atoms with van der Waals surface area (Å²) in [4.78, 5) is 30.3. The molecule has 0 fully saturated rings. The predicted molar refractivity (Wildman–Crippen MR) is 132 cm³/mol. The second-order valence-corrected chi connectivity index (χ2v) is 8.89. The zero-order valence-electron chi connectivity index (χ0n) is 18.5. The first-order chi connectivity index (χ1) is 15.5. The van der Waals surface area contributed by atoms with Crippen LogP contribution in [0.25, 0.3) is 10.9 Å². The molecular formula is C25H30N4O2S. The molecule has 168 valence electrons. The standard InChI is InChI=1S/C25H30N4O2S/c1-28-14-7-8-19-16-18(12-13-22(19)28)17-26-23(30)11-3-2-6-15-29-24(31)20-9-4-5-10-21(20)27-25(29)32/h4-5,9-10,12-13,16H,2-3,6-8,11,14-15,17H2,1H3,(H,26,30)(H,27,32). The first kappa shape index (κ1) is 22.3. The van der Waals surface area contributed by atoms with Gasteiger partial charge in [0.1, 0.15) is 0 Å². The van der Waals surface area contributed by atoms with Crippen molar-refractivity contribution in [3.63, 3.8) is 0 Å². The highest BCUT2D eigenvalue weighted by atomic mass is 32.1. The molecule has 6 nitrogen and oxygen atoms in total. The van der Waals surface area contributed by atoms with Gasteiger partial charge in [0.25, 0.3) is 5.56 Å². The average molecular weight is 451 g/mol. The summed E-state index contributed by atoms with van der Waals surface area (Å²) in [6.45, 7) is 2.23. The molecule has 0 aliphatic carbocycles. The number of hydrogen-bond acceptors (Lipinski definition) is 4. The molecule has 4 rings (SSSR count). The number of para-hydroxylation sites is 1. The van der Waals surface area contributed by atoms with Crippen LogP contribution in [0.2, 0.25) is 0 Å². The lowest BCUT2D eigenvalue weighted by atomic mass is 9.99. The summed E-state index contributed by atoms with van der Waals surface area (Å²) in [7, 11) is 2.13. The molecular weight excluding hydrogens is 420 g/mol. The van der Waals surface area contributed by atoms with Crippen LogP contribution in [-0.4, -0.2) is 29.1 Å². The number of rotatable bonds is 8. The minimum atomic E-state index is -0.0571. The Balaban J connectivity index is 1.21. The Morgan fingerprint density at radius 1 is 1.16 bits per heavy atom. The molecule has 0 atom stereocenters. The third-order valence-corrected chi connectivity index (χ3v) is 6.48. The van der Waals surface area contributed by atoms with Gasteiger partial charge < -0.3 is 15.2 Å². The van der Waals surface area contributed by atoms with Crippen LogP contribution in [0.3, 0.4) is 0 Å². The number of aryl methyl sites for hydroxylation is 1. The lowest BCUT2D eigenvalue weighted by Gasteiger charge is -2.27. The van der Waals surface area contributed by atoms with E-state index in [1.807, 2.05) is 24.3 Å². The SMILES string of the molecule is CN1CCCc2cc(CNC(=O)CCCCCn3c(=S)[nH]c4ccccc4c3=O)ccc21. The van der Waals surface area contributed by atoms with Crippen molar-refractivity contribution in [3.05, 3.63) is 68.7 Å². The van der Waals surface area contributed by atoms with Gasteiger partial charge in [0.2, 0.25) is 5.91 Å². The van der Waals surface area contributed by atoms with Crippen LogP contribution in [-0.2, 0) is 24.3 Å². The predicted octanol–water partition coefficient (Wildman–Crippen LogP) is 4.32. The molecule has 7 heteroatoms. The van der Waals surface area contributed by atoms with Gasteiger partial charge in [-0.05, 0) is 67.2 Å². The lowest BCUT2D eigenvalue weighted by molar-refractivity contribution is -0.121. The van der Waals surface area contributed by atoms with Crippen LogP contribution in [0.15, 0.2) is 47.3 Å². The molecule has 2 aromatic carbocycles. The number of amides is 1. The van der Waals surface area contributed by atoms with E-state index >= 15 is 0 Å². The second-order valence-electron chi connectivity index (χ2n) is 8.51. The first-order valence-electron chi connectivity index (χ1n) is 11.3. The van der Waals surface area contributed by atoms with Crippen LogP contribution in [0.5, 0.6) is 0 Å². The maximum absolute atomic E-state index is 12.7. The number of aromatic nitrogens is 2. The molecule has 0 saturated heterocycles. The minimum absolute atomic E-state index is 0.0571. The Labute approximate surface area is 193 Å². The number of carbonyl (C=O) groups excluding carboxylic acids is 1. The third kappa shape index (κ3) is 5.10. The lowest BCUT2D eigenvalue weighted by Crippen LogP contribution is -2.25. The van der Waals surface area contributed by atoms with Gasteiger partial charge >= 0.3 is 0 Å². The van der Waals surface area contributed by atoms with Crippen molar-refractivity contribution in [2.75, 3.05) is 18.5 Å². The quantitative estimate of drug-likeness (QED) is 0.396. The van der Waals surface area contributed by atoms with Gasteiger partial charge in [-0.1, -0.05) is 30.7 Å². The van der Waals surface area contributed by atoms with Gasteiger partial charge in [-0.2, -0.15) is 0 Å². The summed E-state index contributed by atoms with van der Waals surface area (Å²) in [5.74, 6) is 0.0694. The second kappa shape index (κ2) is 10.1. The zero-order chi connectivity index (χ0) is 22.5. The molecule has 0 bridgehead atoms. The topological polar surface area (TPSA) is 70.1 Å².